The van der Waals surface area contributed by atoms with Gasteiger partial charge in [0.05, 0.1) is 0 Å². The molecule has 5 heteroatoms. The molecule has 4 nitrogen and oxygen atoms in total. The summed E-state index contributed by atoms with van der Waals surface area (Å²) in [5.74, 6) is 0.341. The van der Waals surface area contributed by atoms with Crippen LogP contribution in [0.5, 0.6) is 0 Å². The van der Waals surface area contributed by atoms with Gasteiger partial charge < -0.3 is 10.6 Å². The van der Waals surface area contributed by atoms with E-state index in [1.807, 2.05) is 60.7 Å². The number of alkyl halides is 1. The van der Waals surface area contributed by atoms with Gasteiger partial charge >= 0.3 is 0 Å². The molecule has 108 valence electrons. The van der Waals surface area contributed by atoms with Crippen molar-refractivity contribution < 1.29 is 4.39 Å². The van der Waals surface area contributed by atoms with E-state index in [0.717, 1.165) is 11.4 Å². The number of benzene rings is 2. The number of aliphatic imine (C=N–C) groups is 1. The highest BCUT2D eigenvalue weighted by Crippen LogP contribution is 2.13. The average Bonchev–Trinajstić information content (AvgIpc) is 2.53. The number of para-hydroxylation sites is 2. The summed E-state index contributed by atoms with van der Waals surface area (Å²) in [4.78, 5) is 4.36. The summed E-state index contributed by atoms with van der Waals surface area (Å²) < 4.78 is 14.0. The SMILES string of the molecule is FC1CNC(Nc2ccccc2)N=C1Nc1ccccc1. The zero-order chi connectivity index (χ0) is 14.5. The predicted molar refractivity (Wildman–Crippen MR) is 84.3 cm³/mol. The van der Waals surface area contributed by atoms with Gasteiger partial charge in [-0.05, 0) is 24.3 Å². The fraction of sp³-hybridized carbons (Fsp3) is 0.188. The topological polar surface area (TPSA) is 48.5 Å². The van der Waals surface area contributed by atoms with Gasteiger partial charge in [-0.1, -0.05) is 36.4 Å². The Bertz CT molecular complexity index is 600. The lowest BCUT2D eigenvalue weighted by Gasteiger charge is -2.26. The molecule has 1 heterocycles. The van der Waals surface area contributed by atoms with Crippen molar-refractivity contribution in [3.05, 3.63) is 60.7 Å². The van der Waals surface area contributed by atoms with Crippen LogP contribution in [0.1, 0.15) is 0 Å². The highest BCUT2D eigenvalue weighted by atomic mass is 19.1. The molecule has 1 aliphatic heterocycles. The van der Waals surface area contributed by atoms with Gasteiger partial charge in [0.2, 0.25) is 0 Å². The van der Waals surface area contributed by atoms with Gasteiger partial charge in [0.25, 0.3) is 0 Å². The van der Waals surface area contributed by atoms with E-state index in [-0.39, 0.29) is 12.8 Å². The number of nitrogens with zero attached hydrogens (tertiary/aromatic N) is 1. The summed E-state index contributed by atoms with van der Waals surface area (Å²) in [5.41, 5.74) is 1.77. The Morgan fingerprint density at radius 1 is 0.952 bits per heavy atom. The lowest BCUT2D eigenvalue weighted by molar-refractivity contribution is 0.368. The molecular formula is C16H17FN4. The van der Waals surface area contributed by atoms with Crippen LogP contribution in [0.3, 0.4) is 0 Å². The second-order valence-corrected chi connectivity index (χ2v) is 4.79. The van der Waals surface area contributed by atoms with E-state index in [2.05, 4.69) is 20.9 Å². The largest absolute Gasteiger partial charge is 0.351 e. The Kier molecular flexibility index (Phi) is 4.12. The molecule has 0 fully saturated rings. The zero-order valence-electron chi connectivity index (χ0n) is 11.5. The van der Waals surface area contributed by atoms with Gasteiger partial charge in [-0.25, -0.2) is 9.38 Å². The van der Waals surface area contributed by atoms with Crippen LogP contribution in [0, 0.1) is 0 Å². The first-order valence-electron chi connectivity index (χ1n) is 6.90. The molecule has 0 saturated heterocycles. The van der Waals surface area contributed by atoms with Crippen LogP contribution in [0.2, 0.25) is 0 Å². The molecule has 0 bridgehead atoms. The molecule has 2 aromatic rings. The van der Waals surface area contributed by atoms with Crippen molar-refractivity contribution in [1.82, 2.24) is 5.32 Å². The molecule has 0 aliphatic carbocycles. The maximum Gasteiger partial charge on any atom is 0.176 e. The van der Waals surface area contributed by atoms with Crippen molar-refractivity contribution in [3.8, 4) is 0 Å². The molecule has 21 heavy (non-hydrogen) atoms. The van der Waals surface area contributed by atoms with Crippen molar-refractivity contribution in [2.24, 2.45) is 4.99 Å². The molecule has 0 saturated carbocycles. The fourth-order valence-electron chi connectivity index (χ4n) is 2.13. The minimum Gasteiger partial charge on any atom is -0.351 e. The van der Waals surface area contributed by atoms with Gasteiger partial charge in [0.15, 0.2) is 12.5 Å². The molecule has 2 unspecified atom stereocenters. The highest BCUT2D eigenvalue weighted by molar-refractivity contribution is 5.99. The fourth-order valence-corrected chi connectivity index (χ4v) is 2.13. The average molecular weight is 284 g/mol. The van der Waals surface area contributed by atoms with E-state index in [0.29, 0.717) is 5.84 Å². The molecule has 3 rings (SSSR count). The number of rotatable bonds is 3. The van der Waals surface area contributed by atoms with Crippen molar-refractivity contribution in [2.75, 3.05) is 17.2 Å². The van der Waals surface area contributed by atoms with E-state index in [1.54, 1.807) is 0 Å². The van der Waals surface area contributed by atoms with E-state index in [1.165, 1.54) is 0 Å². The molecule has 0 aromatic heterocycles. The third-order valence-corrected chi connectivity index (χ3v) is 3.18. The van der Waals surface area contributed by atoms with Gasteiger partial charge in [0.1, 0.15) is 5.84 Å². The Balaban J connectivity index is 1.72. The Labute approximate surface area is 123 Å². The minimum atomic E-state index is -1.14. The maximum atomic E-state index is 14.0. The number of nitrogens with one attached hydrogen (secondary N) is 3. The third kappa shape index (κ3) is 3.58. The Morgan fingerprint density at radius 3 is 2.24 bits per heavy atom. The first kappa shape index (κ1) is 13.6. The van der Waals surface area contributed by atoms with Crippen LogP contribution in [-0.2, 0) is 0 Å². The zero-order valence-corrected chi connectivity index (χ0v) is 11.5. The van der Waals surface area contributed by atoms with Crippen molar-refractivity contribution >= 4 is 17.2 Å². The van der Waals surface area contributed by atoms with E-state index in [9.17, 15) is 4.39 Å². The smallest absolute Gasteiger partial charge is 0.176 e. The molecule has 2 aromatic carbocycles. The standard InChI is InChI=1S/C16H17FN4/c17-14-11-18-16(20-13-9-5-2-6-10-13)21-15(14)19-12-7-3-1-4-8-12/h1-10,14,16,18,20H,11H2,(H,19,21). The Hall–Kier alpha value is -2.40. The summed E-state index contributed by atoms with van der Waals surface area (Å²) >= 11 is 0. The van der Waals surface area contributed by atoms with Gasteiger partial charge in [-0.2, -0.15) is 0 Å². The quantitative estimate of drug-likeness (QED) is 0.812. The summed E-state index contributed by atoms with van der Waals surface area (Å²) in [5, 5.41) is 9.27. The van der Waals surface area contributed by atoms with Crippen LogP contribution in [0.25, 0.3) is 0 Å². The summed E-state index contributed by atoms with van der Waals surface area (Å²) in [6, 6.07) is 19.2. The van der Waals surface area contributed by atoms with Crippen LogP contribution in [0.4, 0.5) is 15.8 Å². The summed E-state index contributed by atoms with van der Waals surface area (Å²) in [6.45, 7) is 0.225. The van der Waals surface area contributed by atoms with Crippen LogP contribution in [0.15, 0.2) is 65.7 Å². The lowest BCUT2D eigenvalue weighted by atomic mass is 10.2. The highest BCUT2D eigenvalue weighted by Gasteiger charge is 2.23. The molecule has 3 N–H and O–H groups in total. The number of halogens is 1. The number of hydrogen-bond donors (Lipinski definition) is 3. The van der Waals surface area contributed by atoms with Crippen molar-refractivity contribution in [3.63, 3.8) is 0 Å². The van der Waals surface area contributed by atoms with Crippen LogP contribution >= 0.6 is 0 Å². The second-order valence-electron chi connectivity index (χ2n) is 4.79. The molecule has 2 atom stereocenters. The monoisotopic (exact) mass is 284 g/mol. The molecule has 0 amide bonds. The number of hydrogen-bond acceptors (Lipinski definition) is 4. The van der Waals surface area contributed by atoms with Gasteiger partial charge in [0, 0.05) is 17.9 Å². The van der Waals surface area contributed by atoms with Gasteiger partial charge in [-0.15, -0.1) is 0 Å². The lowest BCUT2D eigenvalue weighted by Crippen LogP contribution is -2.48. The van der Waals surface area contributed by atoms with Crippen molar-refractivity contribution in [2.45, 2.75) is 12.5 Å². The Morgan fingerprint density at radius 2 is 1.57 bits per heavy atom. The van der Waals surface area contributed by atoms with Gasteiger partial charge in [-0.3, -0.25) is 5.32 Å². The second kappa shape index (κ2) is 6.37. The molecule has 1 aliphatic rings. The molecule has 0 spiro atoms. The summed E-state index contributed by atoms with van der Waals surface area (Å²) in [6.07, 6.45) is -1.48. The number of amidine groups is 1. The van der Waals surface area contributed by atoms with Crippen molar-refractivity contribution in [1.29, 1.82) is 0 Å². The molecule has 0 radical (unpaired) electrons. The number of anilines is 2. The van der Waals surface area contributed by atoms with Crippen LogP contribution < -0.4 is 16.0 Å². The first-order valence-corrected chi connectivity index (χ1v) is 6.90. The summed E-state index contributed by atoms with van der Waals surface area (Å²) in [7, 11) is 0. The maximum absolute atomic E-state index is 14.0. The van der Waals surface area contributed by atoms with E-state index in [4.69, 9.17) is 0 Å². The molecular weight excluding hydrogens is 267 g/mol. The minimum absolute atomic E-state index is 0.225. The van der Waals surface area contributed by atoms with Crippen LogP contribution in [-0.4, -0.2) is 24.8 Å². The first-order chi connectivity index (χ1) is 10.3. The van der Waals surface area contributed by atoms with E-state index < -0.39 is 6.17 Å². The normalized spacial score (nSPS) is 21.5. The predicted octanol–water partition coefficient (Wildman–Crippen LogP) is 2.83. The van der Waals surface area contributed by atoms with E-state index >= 15 is 0 Å². The third-order valence-electron chi connectivity index (χ3n) is 3.18.